The molecule has 0 aliphatic rings. The molecule has 0 aliphatic carbocycles. The Morgan fingerprint density at radius 2 is 1.95 bits per heavy atom. The van der Waals surface area contributed by atoms with Gasteiger partial charge in [0.1, 0.15) is 5.75 Å². The number of phenolic OH excluding ortho intramolecular Hbond substituents is 1. The molecule has 0 radical (unpaired) electrons. The van der Waals surface area contributed by atoms with E-state index in [1.165, 1.54) is 37.3 Å². The summed E-state index contributed by atoms with van der Waals surface area (Å²) in [6.07, 6.45) is 0. The van der Waals surface area contributed by atoms with Crippen molar-refractivity contribution in [2.45, 2.75) is 18.2 Å². The number of phenols is 1. The lowest BCUT2D eigenvalue weighted by atomic mass is 10.1. The maximum Gasteiger partial charge on any atom is 0.337 e. The minimum atomic E-state index is -0.768. The molecule has 1 aromatic rings. The number of nitrogens with zero attached hydrogens (tertiary/aromatic N) is 1. The molecule has 1 N–H and O–H groups in total. The first-order chi connectivity index (χ1) is 8.68. The standard InChI is InChI=1S/C13H16BrNO4/c1-13(2,14)12(18)15(3)9-7-8(11(17)19-4)5-6-10(9)16/h5-7,16H,1-4H3. The van der Waals surface area contributed by atoms with E-state index in [4.69, 9.17) is 0 Å². The number of esters is 1. The smallest absolute Gasteiger partial charge is 0.337 e. The van der Waals surface area contributed by atoms with E-state index in [1.54, 1.807) is 13.8 Å². The fraction of sp³-hybridized carbons (Fsp3) is 0.385. The Bertz CT molecular complexity index is 508. The lowest BCUT2D eigenvalue weighted by molar-refractivity contribution is -0.119. The van der Waals surface area contributed by atoms with Crippen LogP contribution in [0.4, 0.5) is 5.69 Å². The van der Waals surface area contributed by atoms with Crippen molar-refractivity contribution in [2.75, 3.05) is 19.1 Å². The number of carbonyl (C=O) groups is 2. The van der Waals surface area contributed by atoms with Gasteiger partial charge in [0.2, 0.25) is 5.91 Å². The highest BCUT2D eigenvalue weighted by atomic mass is 79.9. The molecular weight excluding hydrogens is 314 g/mol. The van der Waals surface area contributed by atoms with Crippen LogP contribution in [0, 0.1) is 0 Å². The Morgan fingerprint density at radius 3 is 2.42 bits per heavy atom. The SMILES string of the molecule is COC(=O)c1ccc(O)c(N(C)C(=O)C(C)(C)Br)c1. The molecule has 6 heteroatoms. The first-order valence-corrected chi connectivity index (χ1v) is 6.36. The average Bonchev–Trinajstić information content (AvgIpc) is 2.35. The summed E-state index contributed by atoms with van der Waals surface area (Å²) in [5.41, 5.74) is 0.516. The molecule has 0 saturated carbocycles. The van der Waals surface area contributed by atoms with Crippen molar-refractivity contribution in [3.8, 4) is 5.75 Å². The molecule has 0 spiro atoms. The first-order valence-electron chi connectivity index (χ1n) is 5.57. The predicted octanol–water partition coefficient (Wildman–Crippen LogP) is 2.32. The minimum absolute atomic E-state index is 0.0831. The maximum absolute atomic E-state index is 12.1. The van der Waals surface area contributed by atoms with Gasteiger partial charge in [-0.3, -0.25) is 4.79 Å². The Kier molecular flexibility index (Phi) is 4.57. The number of amides is 1. The van der Waals surface area contributed by atoms with Gasteiger partial charge in [0.05, 0.1) is 22.7 Å². The summed E-state index contributed by atoms with van der Waals surface area (Å²) < 4.78 is 3.84. The van der Waals surface area contributed by atoms with Gasteiger partial charge in [-0.05, 0) is 32.0 Å². The molecule has 0 fully saturated rings. The molecule has 0 heterocycles. The van der Waals surface area contributed by atoms with Crippen LogP contribution in [0.2, 0.25) is 0 Å². The summed E-state index contributed by atoms with van der Waals surface area (Å²) in [5.74, 6) is -0.856. The van der Waals surface area contributed by atoms with Gasteiger partial charge >= 0.3 is 5.97 Å². The zero-order chi connectivity index (χ0) is 14.8. The molecule has 1 rings (SSSR count). The number of carbonyl (C=O) groups excluding carboxylic acids is 2. The third-order valence-electron chi connectivity index (χ3n) is 2.57. The number of ether oxygens (including phenoxy) is 1. The molecule has 104 valence electrons. The Labute approximate surface area is 120 Å². The van der Waals surface area contributed by atoms with Gasteiger partial charge in [-0.15, -0.1) is 0 Å². The van der Waals surface area contributed by atoms with Crippen LogP contribution in [-0.2, 0) is 9.53 Å². The average molecular weight is 330 g/mol. The van der Waals surface area contributed by atoms with Gasteiger partial charge in [-0.1, -0.05) is 15.9 Å². The number of anilines is 1. The highest BCUT2D eigenvalue weighted by Gasteiger charge is 2.29. The van der Waals surface area contributed by atoms with Crippen LogP contribution in [0.5, 0.6) is 5.75 Å². The van der Waals surface area contributed by atoms with Crippen LogP contribution in [0.25, 0.3) is 0 Å². The van der Waals surface area contributed by atoms with E-state index in [2.05, 4.69) is 20.7 Å². The van der Waals surface area contributed by atoms with E-state index < -0.39 is 10.3 Å². The first kappa shape index (κ1) is 15.5. The van der Waals surface area contributed by atoms with Crippen LogP contribution in [0.1, 0.15) is 24.2 Å². The molecule has 1 aromatic carbocycles. The van der Waals surface area contributed by atoms with Crippen LogP contribution in [-0.4, -0.2) is 35.5 Å². The molecule has 5 nitrogen and oxygen atoms in total. The van der Waals surface area contributed by atoms with Crippen molar-refractivity contribution in [2.24, 2.45) is 0 Å². The summed E-state index contributed by atoms with van der Waals surface area (Å²) >= 11 is 3.26. The summed E-state index contributed by atoms with van der Waals surface area (Å²) in [6.45, 7) is 3.40. The molecule has 0 unspecified atom stereocenters. The van der Waals surface area contributed by atoms with Gasteiger partial charge in [0, 0.05) is 7.05 Å². The second-order valence-corrected chi connectivity index (χ2v) is 6.51. The van der Waals surface area contributed by atoms with Gasteiger partial charge in [-0.25, -0.2) is 4.79 Å². The van der Waals surface area contributed by atoms with Crippen LogP contribution >= 0.6 is 15.9 Å². The summed E-state index contributed by atoms with van der Waals surface area (Å²) in [4.78, 5) is 24.9. The lowest BCUT2D eigenvalue weighted by Gasteiger charge is -2.25. The van der Waals surface area contributed by atoms with Crippen molar-refractivity contribution in [1.82, 2.24) is 0 Å². The van der Waals surface area contributed by atoms with E-state index in [9.17, 15) is 14.7 Å². The van der Waals surface area contributed by atoms with E-state index in [1.807, 2.05) is 0 Å². The number of hydrogen-bond acceptors (Lipinski definition) is 4. The normalized spacial score (nSPS) is 11.0. The van der Waals surface area contributed by atoms with Gasteiger partial charge < -0.3 is 14.7 Å². The van der Waals surface area contributed by atoms with Crippen molar-refractivity contribution in [3.63, 3.8) is 0 Å². The topological polar surface area (TPSA) is 66.8 Å². The number of halogens is 1. The van der Waals surface area contributed by atoms with E-state index in [0.29, 0.717) is 0 Å². The van der Waals surface area contributed by atoms with Crippen molar-refractivity contribution in [3.05, 3.63) is 23.8 Å². The Hall–Kier alpha value is -1.56. The fourth-order valence-electron chi connectivity index (χ4n) is 1.55. The summed E-state index contributed by atoms with van der Waals surface area (Å²) in [7, 11) is 2.80. The minimum Gasteiger partial charge on any atom is -0.506 e. The number of benzene rings is 1. The highest BCUT2D eigenvalue weighted by molar-refractivity contribution is 9.10. The number of rotatable bonds is 3. The molecule has 0 aromatic heterocycles. The van der Waals surface area contributed by atoms with Crippen molar-refractivity contribution in [1.29, 1.82) is 0 Å². The summed E-state index contributed by atoms with van der Waals surface area (Å²) in [6, 6.07) is 4.20. The molecular formula is C13H16BrNO4. The molecule has 1 amide bonds. The Balaban J connectivity index is 3.19. The Morgan fingerprint density at radius 1 is 1.37 bits per heavy atom. The third kappa shape index (κ3) is 3.47. The number of aromatic hydroxyl groups is 1. The predicted molar refractivity (Wildman–Crippen MR) is 75.9 cm³/mol. The zero-order valence-electron chi connectivity index (χ0n) is 11.2. The van der Waals surface area contributed by atoms with E-state index in [-0.39, 0.29) is 22.9 Å². The number of hydrogen-bond donors (Lipinski definition) is 1. The van der Waals surface area contributed by atoms with Crippen molar-refractivity contribution < 1.29 is 19.4 Å². The van der Waals surface area contributed by atoms with Gasteiger partial charge in [0.25, 0.3) is 0 Å². The van der Waals surface area contributed by atoms with Gasteiger partial charge in [-0.2, -0.15) is 0 Å². The summed E-state index contributed by atoms with van der Waals surface area (Å²) in [5, 5.41) is 9.81. The molecule has 19 heavy (non-hydrogen) atoms. The van der Waals surface area contributed by atoms with Crippen molar-refractivity contribution >= 4 is 33.5 Å². The molecule has 0 saturated heterocycles. The molecule has 0 atom stereocenters. The van der Waals surface area contributed by atoms with E-state index in [0.717, 1.165) is 0 Å². The monoisotopic (exact) mass is 329 g/mol. The van der Waals surface area contributed by atoms with Crippen LogP contribution in [0.15, 0.2) is 18.2 Å². The van der Waals surface area contributed by atoms with Gasteiger partial charge in [0.15, 0.2) is 0 Å². The van der Waals surface area contributed by atoms with E-state index >= 15 is 0 Å². The quantitative estimate of drug-likeness (QED) is 0.682. The zero-order valence-corrected chi connectivity index (χ0v) is 12.8. The number of methoxy groups -OCH3 is 1. The second kappa shape index (κ2) is 5.61. The largest absolute Gasteiger partial charge is 0.506 e. The third-order valence-corrected chi connectivity index (χ3v) is 2.91. The fourth-order valence-corrected chi connectivity index (χ4v) is 1.81. The van der Waals surface area contributed by atoms with Crippen LogP contribution in [0.3, 0.4) is 0 Å². The van der Waals surface area contributed by atoms with Crippen LogP contribution < -0.4 is 4.90 Å². The molecule has 0 bridgehead atoms. The lowest BCUT2D eigenvalue weighted by Crippen LogP contribution is -2.39. The maximum atomic E-state index is 12.1. The number of alkyl halides is 1. The second-order valence-electron chi connectivity index (χ2n) is 4.53. The molecule has 0 aliphatic heterocycles. The highest BCUT2D eigenvalue weighted by Crippen LogP contribution is 2.31.